The van der Waals surface area contributed by atoms with E-state index in [2.05, 4.69) is 0 Å². The highest BCUT2D eigenvalue weighted by Crippen LogP contribution is 2.27. The number of methoxy groups -OCH3 is 1. The summed E-state index contributed by atoms with van der Waals surface area (Å²) in [5.74, 6) is 0.702. The van der Waals surface area contributed by atoms with Gasteiger partial charge in [0.25, 0.3) is 0 Å². The van der Waals surface area contributed by atoms with Gasteiger partial charge in [0.1, 0.15) is 11.9 Å². The van der Waals surface area contributed by atoms with Gasteiger partial charge in [-0.15, -0.1) is 0 Å². The summed E-state index contributed by atoms with van der Waals surface area (Å²) in [6.45, 7) is 1.84. The number of rotatable bonds is 3. The molecule has 0 saturated carbocycles. The maximum absolute atomic E-state index is 13.3. The topological polar surface area (TPSA) is 35.2 Å². The van der Waals surface area contributed by atoms with Crippen LogP contribution in [0.15, 0.2) is 18.2 Å². The molecule has 0 aliphatic heterocycles. The molecule has 3 heteroatoms. The summed E-state index contributed by atoms with van der Waals surface area (Å²) in [6, 6.07) is 5.31. The van der Waals surface area contributed by atoms with Crippen molar-refractivity contribution in [3.8, 4) is 5.75 Å². The lowest BCUT2D eigenvalue weighted by Gasteiger charge is -2.12. The van der Waals surface area contributed by atoms with Gasteiger partial charge in [-0.25, -0.2) is 4.39 Å². The molecule has 0 amide bonds. The average Bonchev–Trinajstić information content (AvgIpc) is 2.17. The van der Waals surface area contributed by atoms with Crippen LogP contribution in [-0.2, 0) is 0 Å². The highest BCUT2D eigenvalue weighted by molar-refractivity contribution is 5.40. The molecule has 1 aromatic carbocycles. The van der Waals surface area contributed by atoms with E-state index in [1.165, 1.54) is 0 Å². The Kier molecular flexibility index (Phi) is 3.25. The van der Waals surface area contributed by atoms with Gasteiger partial charge in [0, 0.05) is 6.54 Å². The first-order valence-electron chi connectivity index (χ1n) is 4.18. The number of hydrogen-bond acceptors (Lipinski definition) is 2. The summed E-state index contributed by atoms with van der Waals surface area (Å²) in [4.78, 5) is 0. The predicted molar refractivity (Wildman–Crippen MR) is 50.6 cm³/mol. The quantitative estimate of drug-likeness (QED) is 0.777. The number of hydrogen-bond donors (Lipinski definition) is 1. The number of halogens is 1. The fourth-order valence-electron chi connectivity index (χ4n) is 1.32. The normalized spacial score (nSPS) is 12.6. The van der Waals surface area contributed by atoms with E-state index in [1.807, 2.05) is 13.0 Å². The van der Waals surface area contributed by atoms with E-state index in [9.17, 15) is 4.39 Å². The van der Waals surface area contributed by atoms with Crippen molar-refractivity contribution in [3.63, 3.8) is 0 Å². The number of benzene rings is 1. The summed E-state index contributed by atoms with van der Waals surface area (Å²) >= 11 is 0. The Hall–Kier alpha value is -1.09. The van der Waals surface area contributed by atoms with E-state index in [0.717, 1.165) is 5.56 Å². The fraction of sp³-hybridized carbons (Fsp3) is 0.400. The number of nitrogens with two attached hydrogens (primary N) is 1. The number of ether oxygens (including phenoxy) is 1. The second-order valence-electron chi connectivity index (χ2n) is 2.88. The van der Waals surface area contributed by atoms with Gasteiger partial charge in [-0.3, -0.25) is 0 Å². The Labute approximate surface area is 77.5 Å². The Balaban J connectivity index is 3.08. The van der Waals surface area contributed by atoms with E-state index >= 15 is 0 Å². The van der Waals surface area contributed by atoms with Gasteiger partial charge in [-0.1, -0.05) is 12.1 Å². The molecule has 1 atom stereocenters. The minimum atomic E-state index is -1.10. The monoisotopic (exact) mass is 183 g/mol. The van der Waals surface area contributed by atoms with Crippen LogP contribution < -0.4 is 10.5 Å². The minimum Gasteiger partial charge on any atom is -0.496 e. The summed E-state index contributed by atoms with van der Waals surface area (Å²) < 4.78 is 18.3. The second-order valence-corrected chi connectivity index (χ2v) is 2.88. The average molecular weight is 183 g/mol. The van der Waals surface area contributed by atoms with E-state index in [4.69, 9.17) is 10.5 Å². The molecule has 0 aromatic heterocycles. The largest absolute Gasteiger partial charge is 0.496 e. The fourth-order valence-corrected chi connectivity index (χ4v) is 1.32. The first-order valence-corrected chi connectivity index (χ1v) is 4.18. The molecule has 0 radical (unpaired) electrons. The van der Waals surface area contributed by atoms with Crippen LogP contribution in [0.1, 0.15) is 17.3 Å². The molecule has 2 nitrogen and oxygen atoms in total. The predicted octanol–water partition coefficient (Wildman–Crippen LogP) is 1.97. The van der Waals surface area contributed by atoms with Crippen molar-refractivity contribution in [1.29, 1.82) is 0 Å². The Bertz CT molecular complexity index is 288. The van der Waals surface area contributed by atoms with Crippen LogP contribution in [0.2, 0.25) is 0 Å². The van der Waals surface area contributed by atoms with E-state index in [1.54, 1.807) is 19.2 Å². The molecule has 1 aromatic rings. The van der Waals surface area contributed by atoms with Crippen molar-refractivity contribution < 1.29 is 9.13 Å². The van der Waals surface area contributed by atoms with Crippen molar-refractivity contribution in [2.45, 2.75) is 13.1 Å². The zero-order valence-corrected chi connectivity index (χ0v) is 7.88. The Morgan fingerprint density at radius 3 is 2.77 bits per heavy atom. The SMILES string of the molecule is COc1cccc(C(F)CN)c1C. The zero-order valence-electron chi connectivity index (χ0n) is 7.88. The van der Waals surface area contributed by atoms with Gasteiger partial charge in [-0.05, 0) is 24.1 Å². The maximum Gasteiger partial charge on any atom is 0.138 e. The molecule has 0 saturated heterocycles. The maximum atomic E-state index is 13.3. The molecule has 0 aliphatic rings. The lowest BCUT2D eigenvalue weighted by molar-refractivity contribution is 0.348. The van der Waals surface area contributed by atoms with E-state index < -0.39 is 6.17 Å². The lowest BCUT2D eigenvalue weighted by atomic mass is 10.0. The van der Waals surface area contributed by atoms with Gasteiger partial charge in [-0.2, -0.15) is 0 Å². The molecule has 0 spiro atoms. The van der Waals surface area contributed by atoms with E-state index in [-0.39, 0.29) is 6.54 Å². The van der Waals surface area contributed by atoms with Gasteiger partial charge in [0.15, 0.2) is 0 Å². The summed E-state index contributed by atoms with van der Waals surface area (Å²) in [7, 11) is 1.57. The molecular weight excluding hydrogens is 169 g/mol. The molecule has 2 N–H and O–H groups in total. The van der Waals surface area contributed by atoms with Crippen molar-refractivity contribution in [3.05, 3.63) is 29.3 Å². The molecule has 0 bridgehead atoms. The highest BCUT2D eigenvalue weighted by Gasteiger charge is 2.12. The zero-order chi connectivity index (χ0) is 9.84. The van der Waals surface area contributed by atoms with Gasteiger partial charge in [0.05, 0.1) is 7.11 Å². The Morgan fingerprint density at radius 1 is 1.54 bits per heavy atom. The Morgan fingerprint density at radius 2 is 2.23 bits per heavy atom. The van der Waals surface area contributed by atoms with Gasteiger partial charge >= 0.3 is 0 Å². The molecular formula is C10H14FNO. The summed E-state index contributed by atoms with van der Waals surface area (Å²) in [6.07, 6.45) is -1.10. The van der Waals surface area contributed by atoms with Crippen molar-refractivity contribution >= 4 is 0 Å². The van der Waals surface area contributed by atoms with Gasteiger partial charge in [0.2, 0.25) is 0 Å². The van der Waals surface area contributed by atoms with Crippen molar-refractivity contribution in [1.82, 2.24) is 0 Å². The minimum absolute atomic E-state index is 0.00794. The summed E-state index contributed by atoms with van der Waals surface area (Å²) in [5.41, 5.74) is 6.68. The molecule has 1 unspecified atom stereocenters. The van der Waals surface area contributed by atoms with Crippen LogP contribution in [0, 0.1) is 6.92 Å². The highest BCUT2D eigenvalue weighted by atomic mass is 19.1. The van der Waals surface area contributed by atoms with Crippen molar-refractivity contribution in [2.24, 2.45) is 5.73 Å². The van der Waals surface area contributed by atoms with E-state index in [0.29, 0.717) is 11.3 Å². The third-order valence-corrected chi connectivity index (χ3v) is 2.09. The van der Waals surface area contributed by atoms with Crippen molar-refractivity contribution in [2.75, 3.05) is 13.7 Å². The van der Waals surface area contributed by atoms with Gasteiger partial charge < -0.3 is 10.5 Å². The first-order chi connectivity index (χ1) is 6.20. The third-order valence-electron chi connectivity index (χ3n) is 2.09. The molecule has 1 rings (SSSR count). The van der Waals surface area contributed by atoms with Crippen LogP contribution in [0.5, 0.6) is 5.75 Å². The molecule has 0 aliphatic carbocycles. The van der Waals surface area contributed by atoms with Crippen LogP contribution in [0.4, 0.5) is 4.39 Å². The third kappa shape index (κ3) is 1.98. The lowest BCUT2D eigenvalue weighted by Crippen LogP contribution is -2.09. The molecule has 0 fully saturated rings. The standard InChI is InChI=1S/C10H14FNO/c1-7-8(9(11)6-12)4-3-5-10(7)13-2/h3-5,9H,6,12H2,1-2H3. The molecule has 13 heavy (non-hydrogen) atoms. The smallest absolute Gasteiger partial charge is 0.138 e. The number of alkyl halides is 1. The molecule has 0 heterocycles. The van der Waals surface area contributed by atoms with Crippen LogP contribution in [-0.4, -0.2) is 13.7 Å². The molecule has 72 valence electrons. The van der Waals surface area contributed by atoms with Crippen LogP contribution >= 0.6 is 0 Å². The van der Waals surface area contributed by atoms with Crippen LogP contribution in [0.3, 0.4) is 0 Å². The summed E-state index contributed by atoms with van der Waals surface area (Å²) in [5, 5.41) is 0. The second kappa shape index (κ2) is 4.23. The van der Waals surface area contributed by atoms with Crippen LogP contribution in [0.25, 0.3) is 0 Å². The first kappa shape index (κ1) is 9.99.